The smallest absolute Gasteiger partial charge is 0.320 e. The van der Waals surface area contributed by atoms with Crippen LogP contribution in [0.3, 0.4) is 0 Å². The van der Waals surface area contributed by atoms with Gasteiger partial charge in [0.05, 0.1) is 13.2 Å². The Morgan fingerprint density at radius 3 is 2.75 bits per heavy atom. The molecule has 0 saturated heterocycles. The van der Waals surface area contributed by atoms with Gasteiger partial charge in [-0.1, -0.05) is 0 Å². The molecule has 0 fully saturated rings. The van der Waals surface area contributed by atoms with Crippen LogP contribution in [0.4, 0.5) is 5.69 Å². The number of hydrogen-bond donors (Lipinski definition) is 1. The number of nitrogen functional groups attached to an aromatic ring is 1. The predicted molar refractivity (Wildman–Crippen MR) is 94.2 cm³/mol. The molecule has 0 saturated carbocycles. The Kier molecular flexibility index (Phi) is 4.97. The van der Waals surface area contributed by atoms with Crippen LogP contribution >= 0.6 is 11.3 Å². The van der Waals surface area contributed by atoms with Crippen molar-refractivity contribution in [3.05, 3.63) is 51.2 Å². The lowest BCUT2D eigenvalue weighted by molar-refractivity contribution is -0.144. The number of hydrogen-bond acceptors (Lipinski definition) is 6. The Bertz CT molecular complexity index is 752. The highest BCUT2D eigenvalue weighted by Crippen LogP contribution is 2.30. The molecule has 0 radical (unpaired) electrons. The van der Waals surface area contributed by atoms with Crippen LogP contribution in [0, 0.1) is 0 Å². The van der Waals surface area contributed by atoms with Gasteiger partial charge in [0.2, 0.25) is 0 Å². The molecule has 1 aliphatic heterocycles. The van der Waals surface area contributed by atoms with E-state index in [9.17, 15) is 9.59 Å². The molecule has 2 aromatic rings. The number of fused-ring (bicyclic) bond motifs is 1. The lowest BCUT2D eigenvalue weighted by Gasteiger charge is -2.26. The molecule has 2 heterocycles. The van der Waals surface area contributed by atoms with E-state index in [-0.39, 0.29) is 11.8 Å². The highest BCUT2D eigenvalue weighted by atomic mass is 32.1. The number of ketones is 1. The van der Waals surface area contributed by atoms with Crippen LogP contribution in [0.2, 0.25) is 0 Å². The Morgan fingerprint density at radius 1 is 1.29 bits per heavy atom. The molecule has 24 heavy (non-hydrogen) atoms. The number of nitrogens with zero attached hydrogens (tertiary/aromatic N) is 1. The summed E-state index contributed by atoms with van der Waals surface area (Å²) in [7, 11) is 0. The van der Waals surface area contributed by atoms with E-state index in [0.717, 1.165) is 29.0 Å². The molecule has 0 unspecified atom stereocenters. The molecular weight excluding hydrogens is 324 g/mol. The molecule has 3 rings (SSSR count). The number of esters is 1. The molecule has 0 bridgehead atoms. The zero-order valence-corrected chi connectivity index (χ0v) is 14.4. The largest absolute Gasteiger partial charge is 0.465 e. The maximum Gasteiger partial charge on any atom is 0.320 e. The zero-order chi connectivity index (χ0) is 17.1. The predicted octanol–water partition coefficient (Wildman–Crippen LogP) is 2.48. The molecule has 6 heteroatoms. The van der Waals surface area contributed by atoms with Crippen LogP contribution in [0.5, 0.6) is 0 Å². The van der Waals surface area contributed by atoms with Crippen molar-refractivity contribution in [3.8, 4) is 0 Å². The number of nitrogens with two attached hydrogens (primary N) is 1. The lowest BCUT2D eigenvalue weighted by Crippen LogP contribution is -2.35. The van der Waals surface area contributed by atoms with Crippen LogP contribution < -0.4 is 5.73 Å². The summed E-state index contributed by atoms with van der Waals surface area (Å²) >= 11 is 1.58. The van der Waals surface area contributed by atoms with E-state index < -0.39 is 0 Å². The molecular formula is C18H20N2O3S. The molecule has 1 aromatic heterocycles. The van der Waals surface area contributed by atoms with Gasteiger partial charge in [-0.05, 0) is 43.2 Å². The van der Waals surface area contributed by atoms with Gasteiger partial charge in [0.1, 0.15) is 0 Å². The number of thiophene rings is 1. The van der Waals surface area contributed by atoms with E-state index in [2.05, 4.69) is 4.90 Å². The minimum absolute atomic E-state index is 0.0337. The summed E-state index contributed by atoms with van der Waals surface area (Å²) in [4.78, 5) is 27.6. The van der Waals surface area contributed by atoms with E-state index in [1.165, 1.54) is 0 Å². The monoisotopic (exact) mass is 344 g/mol. The van der Waals surface area contributed by atoms with Crippen molar-refractivity contribution in [2.45, 2.75) is 19.9 Å². The second-order valence-electron chi connectivity index (χ2n) is 5.77. The van der Waals surface area contributed by atoms with E-state index >= 15 is 0 Å². The molecule has 0 spiro atoms. The van der Waals surface area contributed by atoms with Crippen molar-refractivity contribution >= 4 is 28.8 Å². The van der Waals surface area contributed by atoms with Gasteiger partial charge in [-0.25, -0.2) is 0 Å². The Labute approximate surface area is 145 Å². The fraction of sp³-hybridized carbons (Fsp3) is 0.333. The zero-order valence-electron chi connectivity index (χ0n) is 13.6. The normalized spacial score (nSPS) is 14.2. The summed E-state index contributed by atoms with van der Waals surface area (Å²) in [6.07, 6.45) is 0.772. The van der Waals surface area contributed by atoms with Crippen LogP contribution in [0.25, 0.3) is 0 Å². The summed E-state index contributed by atoms with van der Waals surface area (Å²) in [5.74, 6) is -0.165. The molecule has 1 aliphatic rings. The third-order valence-corrected chi connectivity index (χ3v) is 5.12. The average molecular weight is 344 g/mol. The van der Waals surface area contributed by atoms with Crippen molar-refractivity contribution in [1.82, 2.24) is 4.90 Å². The van der Waals surface area contributed by atoms with Gasteiger partial charge in [0.15, 0.2) is 5.78 Å². The minimum Gasteiger partial charge on any atom is -0.465 e. The van der Waals surface area contributed by atoms with Crippen LogP contribution in [-0.2, 0) is 22.5 Å². The SMILES string of the molecule is CCOC(=O)CN1CCc2c(C(=O)c3ccc(N)cc3)csc2C1. The highest BCUT2D eigenvalue weighted by Gasteiger charge is 2.25. The Balaban J connectivity index is 1.74. The topological polar surface area (TPSA) is 72.6 Å². The maximum absolute atomic E-state index is 12.7. The summed E-state index contributed by atoms with van der Waals surface area (Å²) < 4.78 is 5.00. The second kappa shape index (κ2) is 7.15. The molecule has 0 amide bonds. The minimum atomic E-state index is -0.198. The van der Waals surface area contributed by atoms with E-state index in [1.807, 2.05) is 5.38 Å². The average Bonchev–Trinajstić information content (AvgIpc) is 2.98. The Hall–Kier alpha value is -2.18. The molecule has 126 valence electrons. The molecule has 5 nitrogen and oxygen atoms in total. The molecule has 1 aromatic carbocycles. The summed E-state index contributed by atoms with van der Waals surface area (Å²) in [5, 5.41) is 1.93. The highest BCUT2D eigenvalue weighted by molar-refractivity contribution is 7.10. The van der Waals surface area contributed by atoms with Crippen LogP contribution in [0.1, 0.15) is 33.3 Å². The van der Waals surface area contributed by atoms with Gasteiger partial charge in [-0.15, -0.1) is 11.3 Å². The van der Waals surface area contributed by atoms with E-state index in [1.54, 1.807) is 42.5 Å². The van der Waals surface area contributed by atoms with Crippen molar-refractivity contribution in [1.29, 1.82) is 0 Å². The van der Waals surface area contributed by atoms with Crippen molar-refractivity contribution in [2.75, 3.05) is 25.4 Å². The van der Waals surface area contributed by atoms with Gasteiger partial charge in [-0.2, -0.15) is 0 Å². The number of carbonyl (C=O) groups is 2. The molecule has 0 atom stereocenters. The first-order valence-electron chi connectivity index (χ1n) is 7.96. The number of anilines is 1. The second-order valence-corrected chi connectivity index (χ2v) is 6.73. The van der Waals surface area contributed by atoms with Crippen molar-refractivity contribution in [3.63, 3.8) is 0 Å². The first-order chi connectivity index (χ1) is 11.6. The van der Waals surface area contributed by atoms with Crippen molar-refractivity contribution in [2.24, 2.45) is 0 Å². The summed E-state index contributed by atoms with van der Waals surface area (Å²) in [6.45, 7) is 3.95. The van der Waals surface area contributed by atoms with Gasteiger partial charge in [-0.3, -0.25) is 14.5 Å². The number of carbonyl (C=O) groups excluding carboxylic acids is 2. The lowest BCUT2D eigenvalue weighted by atomic mass is 9.97. The third kappa shape index (κ3) is 3.49. The maximum atomic E-state index is 12.7. The number of benzene rings is 1. The number of ether oxygens (including phenoxy) is 1. The van der Waals surface area contributed by atoms with Gasteiger partial charge in [0, 0.05) is 40.2 Å². The Morgan fingerprint density at radius 2 is 2.04 bits per heavy atom. The van der Waals surface area contributed by atoms with E-state index in [0.29, 0.717) is 30.9 Å². The third-order valence-electron chi connectivity index (χ3n) is 4.10. The first-order valence-corrected chi connectivity index (χ1v) is 8.84. The van der Waals surface area contributed by atoms with Crippen LogP contribution in [-0.4, -0.2) is 36.3 Å². The number of rotatable bonds is 5. The standard InChI is InChI=1S/C18H20N2O3S/c1-2-23-17(21)10-20-8-7-14-15(11-24-16(14)9-20)18(22)12-3-5-13(19)6-4-12/h3-6,11H,2,7-10,19H2,1H3. The van der Waals surface area contributed by atoms with Gasteiger partial charge in [0.25, 0.3) is 0 Å². The quantitative estimate of drug-likeness (QED) is 0.512. The first kappa shape index (κ1) is 16.7. The fourth-order valence-electron chi connectivity index (χ4n) is 2.89. The summed E-state index contributed by atoms with van der Waals surface area (Å²) in [5.41, 5.74) is 8.87. The van der Waals surface area contributed by atoms with Gasteiger partial charge < -0.3 is 10.5 Å². The van der Waals surface area contributed by atoms with Gasteiger partial charge >= 0.3 is 5.97 Å². The van der Waals surface area contributed by atoms with Crippen molar-refractivity contribution < 1.29 is 14.3 Å². The summed E-state index contributed by atoms with van der Waals surface area (Å²) in [6, 6.07) is 7.01. The van der Waals surface area contributed by atoms with Crippen LogP contribution in [0.15, 0.2) is 29.6 Å². The molecule has 2 N–H and O–H groups in total. The van der Waals surface area contributed by atoms with E-state index in [4.69, 9.17) is 10.5 Å². The molecule has 0 aliphatic carbocycles. The fourth-order valence-corrected chi connectivity index (χ4v) is 4.01.